The minimum Gasteiger partial charge on any atom is -0.103 e. The van der Waals surface area contributed by atoms with Crippen LogP contribution in [-0.4, -0.2) is 0 Å². The molecule has 0 nitrogen and oxygen atoms in total. The minimum atomic E-state index is 0.535. The molecule has 0 amide bonds. The lowest BCUT2D eigenvalue weighted by atomic mass is 9.94. The van der Waals surface area contributed by atoms with E-state index in [2.05, 4.69) is 65.5 Å². The Balaban J connectivity index is 4.49. The van der Waals surface area contributed by atoms with Gasteiger partial charge in [0.05, 0.1) is 0 Å². The zero-order valence-corrected chi connectivity index (χ0v) is 12.2. The van der Waals surface area contributed by atoms with Crippen molar-refractivity contribution in [2.45, 2.75) is 47.5 Å². The van der Waals surface area contributed by atoms with E-state index >= 15 is 0 Å². The molecule has 0 aliphatic rings. The summed E-state index contributed by atoms with van der Waals surface area (Å²) in [5, 5.41) is 0. The van der Waals surface area contributed by atoms with Gasteiger partial charge in [-0.1, -0.05) is 55.4 Å². The summed E-state index contributed by atoms with van der Waals surface area (Å²) >= 11 is 0. The van der Waals surface area contributed by atoms with E-state index < -0.39 is 0 Å². The highest BCUT2D eigenvalue weighted by atomic mass is 14.1. The second-order valence-corrected chi connectivity index (χ2v) is 4.83. The van der Waals surface area contributed by atoms with Gasteiger partial charge < -0.3 is 0 Å². The van der Waals surface area contributed by atoms with Gasteiger partial charge in [-0.3, -0.25) is 0 Å². The van der Waals surface area contributed by atoms with Crippen molar-refractivity contribution in [2.75, 3.05) is 0 Å². The molecule has 0 heterocycles. The summed E-state index contributed by atoms with van der Waals surface area (Å²) in [6.45, 7) is 14.8. The third kappa shape index (κ3) is 6.99. The fraction of sp³-hybridized carbons (Fsp3) is 0.529. The van der Waals surface area contributed by atoms with Crippen LogP contribution in [0.4, 0.5) is 0 Å². The summed E-state index contributed by atoms with van der Waals surface area (Å²) in [6, 6.07) is 0. The van der Waals surface area contributed by atoms with Crippen LogP contribution in [-0.2, 0) is 0 Å². The number of allylic oxidation sites excluding steroid dienone is 7. The number of hydrogen-bond donors (Lipinski definition) is 0. The van der Waals surface area contributed by atoms with E-state index in [-0.39, 0.29) is 0 Å². The van der Waals surface area contributed by atoms with Gasteiger partial charge in [-0.25, -0.2) is 0 Å². The van der Waals surface area contributed by atoms with Crippen molar-refractivity contribution < 1.29 is 0 Å². The largest absolute Gasteiger partial charge is 0.103 e. The van der Waals surface area contributed by atoms with Crippen molar-refractivity contribution in [3.8, 4) is 0 Å². The number of hydrogen-bond acceptors (Lipinski definition) is 0. The molecular weight excluding hydrogens is 204 g/mol. The molecule has 0 spiro atoms. The Morgan fingerprint density at radius 1 is 1.06 bits per heavy atom. The van der Waals surface area contributed by atoms with E-state index in [0.717, 1.165) is 12.8 Å². The molecule has 0 aliphatic carbocycles. The molecule has 0 bridgehead atoms. The summed E-state index contributed by atoms with van der Waals surface area (Å²) in [5.41, 5.74) is 2.91. The average molecular weight is 232 g/mol. The molecule has 0 heteroatoms. The van der Waals surface area contributed by atoms with Gasteiger partial charge in [-0.05, 0) is 45.4 Å². The zero-order valence-electron chi connectivity index (χ0n) is 12.2. The first-order valence-electron chi connectivity index (χ1n) is 6.61. The molecular formula is C17H28. The van der Waals surface area contributed by atoms with E-state index in [4.69, 9.17) is 0 Å². The molecule has 0 fully saturated rings. The van der Waals surface area contributed by atoms with Gasteiger partial charge in [-0.15, -0.1) is 6.58 Å². The van der Waals surface area contributed by atoms with Crippen LogP contribution in [0.3, 0.4) is 0 Å². The van der Waals surface area contributed by atoms with Crippen LogP contribution >= 0.6 is 0 Å². The van der Waals surface area contributed by atoms with Gasteiger partial charge in [0.15, 0.2) is 0 Å². The Labute approximate surface area is 108 Å². The van der Waals surface area contributed by atoms with E-state index in [1.165, 1.54) is 11.1 Å². The lowest BCUT2D eigenvalue weighted by Gasteiger charge is -2.12. The molecule has 0 aliphatic heterocycles. The zero-order chi connectivity index (χ0) is 13.3. The second-order valence-electron chi connectivity index (χ2n) is 4.83. The van der Waals surface area contributed by atoms with Crippen LogP contribution in [0.1, 0.15) is 47.5 Å². The lowest BCUT2D eigenvalue weighted by Crippen LogP contribution is -1.98. The standard InChI is InChI=1S/C17H28/c1-7-9-10-12-15(4)17(6)13-16(5)14(3)11-8-2/h7-8,11-14,17H,1,9-10H2,2-6H3. The first-order chi connectivity index (χ1) is 8.02. The molecule has 0 aromatic carbocycles. The molecule has 0 rings (SSSR count). The Bertz CT molecular complexity index is 302. The molecule has 2 atom stereocenters. The Morgan fingerprint density at radius 3 is 2.24 bits per heavy atom. The monoisotopic (exact) mass is 232 g/mol. The van der Waals surface area contributed by atoms with Crippen molar-refractivity contribution in [1.29, 1.82) is 0 Å². The summed E-state index contributed by atoms with van der Waals surface area (Å²) < 4.78 is 0. The molecule has 0 radical (unpaired) electrons. The van der Waals surface area contributed by atoms with Crippen molar-refractivity contribution in [2.24, 2.45) is 11.8 Å². The maximum Gasteiger partial charge on any atom is -0.00516 e. The maximum absolute atomic E-state index is 3.75. The summed E-state index contributed by atoms with van der Waals surface area (Å²) in [7, 11) is 0. The molecule has 2 unspecified atom stereocenters. The molecule has 96 valence electrons. The Hall–Kier alpha value is -1.04. The predicted molar refractivity (Wildman–Crippen MR) is 80.1 cm³/mol. The van der Waals surface area contributed by atoms with Gasteiger partial charge in [0.25, 0.3) is 0 Å². The second kappa shape index (κ2) is 9.04. The van der Waals surface area contributed by atoms with E-state index in [0.29, 0.717) is 11.8 Å². The molecule has 0 saturated heterocycles. The molecule has 0 aromatic heterocycles. The van der Waals surface area contributed by atoms with Crippen LogP contribution in [0.2, 0.25) is 0 Å². The fourth-order valence-electron chi connectivity index (χ4n) is 1.73. The lowest BCUT2D eigenvalue weighted by molar-refractivity contribution is 0.789. The van der Waals surface area contributed by atoms with E-state index in [9.17, 15) is 0 Å². The molecule has 0 aromatic rings. The number of rotatable bonds is 7. The Kier molecular flexibility index (Phi) is 8.49. The van der Waals surface area contributed by atoms with Crippen molar-refractivity contribution >= 4 is 0 Å². The normalized spacial score (nSPS) is 17.2. The molecule has 17 heavy (non-hydrogen) atoms. The van der Waals surface area contributed by atoms with Crippen molar-refractivity contribution in [1.82, 2.24) is 0 Å². The van der Waals surface area contributed by atoms with Gasteiger partial charge in [-0.2, -0.15) is 0 Å². The topological polar surface area (TPSA) is 0 Å². The minimum absolute atomic E-state index is 0.535. The smallest absolute Gasteiger partial charge is 0.00516 e. The van der Waals surface area contributed by atoms with Gasteiger partial charge in [0.1, 0.15) is 0 Å². The molecule has 0 N–H and O–H groups in total. The van der Waals surface area contributed by atoms with Crippen LogP contribution in [0.5, 0.6) is 0 Å². The van der Waals surface area contributed by atoms with Crippen LogP contribution in [0.25, 0.3) is 0 Å². The van der Waals surface area contributed by atoms with Crippen LogP contribution in [0.15, 0.2) is 48.1 Å². The highest BCUT2D eigenvalue weighted by Gasteiger charge is 2.04. The van der Waals surface area contributed by atoms with E-state index in [1.807, 2.05) is 6.08 Å². The summed E-state index contributed by atoms with van der Waals surface area (Å²) in [4.78, 5) is 0. The number of unbranched alkanes of at least 4 members (excludes halogenated alkanes) is 1. The highest BCUT2D eigenvalue weighted by Crippen LogP contribution is 2.19. The first kappa shape index (κ1) is 16.0. The quantitative estimate of drug-likeness (QED) is 0.390. The average Bonchev–Trinajstić information content (AvgIpc) is 2.29. The SMILES string of the molecule is C=CCCC=C(C)C(C)C=C(C)C(C)C=CC. The third-order valence-corrected chi connectivity index (χ3v) is 3.27. The van der Waals surface area contributed by atoms with Crippen LogP contribution < -0.4 is 0 Å². The van der Waals surface area contributed by atoms with E-state index in [1.54, 1.807) is 0 Å². The Morgan fingerprint density at radius 2 is 1.71 bits per heavy atom. The maximum atomic E-state index is 3.75. The van der Waals surface area contributed by atoms with Crippen molar-refractivity contribution in [3.63, 3.8) is 0 Å². The predicted octanol–water partition coefficient (Wildman–Crippen LogP) is 5.69. The van der Waals surface area contributed by atoms with Crippen LogP contribution in [0, 0.1) is 11.8 Å². The fourth-order valence-corrected chi connectivity index (χ4v) is 1.73. The summed E-state index contributed by atoms with van der Waals surface area (Å²) in [5.74, 6) is 1.08. The van der Waals surface area contributed by atoms with Crippen molar-refractivity contribution in [3.05, 3.63) is 48.1 Å². The first-order valence-corrected chi connectivity index (χ1v) is 6.61. The highest BCUT2D eigenvalue weighted by molar-refractivity contribution is 5.17. The third-order valence-electron chi connectivity index (χ3n) is 3.27. The molecule has 0 saturated carbocycles. The van der Waals surface area contributed by atoms with Gasteiger partial charge in [0.2, 0.25) is 0 Å². The van der Waals surface area contributed by atoms with Gasteiger partial charge in [0, 0.05) is 0 Å². The van der Waals surface area contributed by atoms with Gasteiger partial charge >= 0.3 is 0 Å². The summed E-state index contributed by atoms with van der Waals surface area (Å²) in [6.07, 6.45) is 13.2.